The number of carbonyl (C=O) groups excluding carboxylic acids is 1. The number of pyridine rings is 1. The number of halogens is 2. The zero-order valence-electron chi connectivity index (χ0n) is 17.5. The highest BCUT2D eigenvalue weighted by Gasteiger charge is 2.18. The van der Waals surface area contributed by atoms with E-state index in [4.69, 9.17) is 0 Å². The minimum Gasteiger partial charge on any atom is -0.390 e. The lowest BCUT2D eigenvalue weighted by molar-refractivity contribution is 0.0651. The summed E-state index contributed by atoms with van der Waals surface area (Å²) in [5.41, 5.74) is 0.964. The van der Waals surface area contributed by atoms with E-state index in [1.807, 2.05) is 32.2 Å². The Bertz CT molecular complexity index is 1050. The summed E-state index contributed by atoms with van der Waals surface area (Å²) in [5, 5.41) is 18.1. The van der Waals surface area contributed by atoms with Gasteiger partial charge in [-0.05, 0) is 56.0 Å². The van der Waals surface area contributed by atoms with Crippen molar-refractivity contribution in [2.24, 2.45) is 0 Å². The second-order valence-corrected chi connectivity index (χ2v) is 8.31. The predicted octanol–water partition coefficient (Wildman–Crippen LogP) is 4.91. The Kier molecular flexibility index (Phi) is 6.17. The summed E-state index contributed by atoms with van der Waals surface area (Å²) >= 11 is 0. The van der Waals surface area contributed by atoms with Crippen LogP contribution in [-0.4, -0.2) is 31.4 Å². The number of benzene rings is 1. The maximum absolute atomic E-state index is 12.9. The quantitative estimate of drug-likeness (QED) is 0.574. The third-order valence-electron chi connectivity index (χ3n) is 4.77. The highest BCUT2D eigenvalue weighted by atomic mass is 19.3. The number of nitrogens with zero attached hydrogens (tertiary/aromatic N) is 3. The first kappa shape index (κ1) is 21.8. The van der Waals surface area contributed by atoms with Crippen LogP contribution in [0.15, 0.2) is 36.5 Å². The van der Waals surface area contributed by atoms with Crippen molar-refractivity contribution in [1.82, 2.24) is 14.8 Å². The molecule has 160 valence electrons. The fourth-order valence-electron chi connectivity index (χ4n) is 3.11. The van der Waals surface area contributed by atoms with Gasteiger partial charge in [-0.15, -0.1) is 0 Å². The molecule has 8 heteroatoms. The van der Waals surface area contributed by atoms with Crippen molar-refractivity contribution in [2.75, 3.05) is 5.32 Å². The number of aliphatic hydroxyl groups is 1. The van der Waals surface area contributed by atoms with E-state index >= 15 is 0 Å². The van der Waals surface area contributed by atoms with Gasteiger partial charge in [0, 0.05) is 23.8 Å². The van der Waals surface area contributed by atoms with Crippen LogP contribution in [0.5, 0.6) is 0 Å². The van der Waals surface area contributed by atoms with Crippen molar-refractivity contribution < 1.29 is 18.7 Å². The molecular weight excluding hydrogens is 390 g/mol. The first-order valence-electron chi connectivity index (χ1n) is 9.83. The molecule has 0 aliphatic rings. The van der Waals surface area contributed by atoms with Gasteiger partial charge in [-0.1, -0.05) is 19.9 Å². The molecule has 0 fully saturated rings. The zero-order valence-corrected chi connectivity index (χ0v) is 17.5. The molecule has 1 aromatic carbocycles. The smallest absolute Gasteiger partial charge is 0.280 e. The molecule has 0 atom stereocenters. The van der Waals surface area contributed by atoms with Crippen molar-refractivity contribution >= 4 is 22.5 Å². The molecule has 2 aromatic heterocycles. The van der Waals surface area contributed by atoms with Crippen molar-refractivity contribution in [3.8, 4) is 0 Å². The van der Waals surface area contributed by atoms with Crippen LogP contribution in [0, 0.1) is 0 Å². The zero-order chi connectivity index (χ0) is 22.1. The molecule has 30 heavy (non-hydrogen) atoms. The minimum atomic E-state index is -2.74. The van der Waals surface area contributed by atoms with E-state index in [1.54, 1.807) is 18.5 Å². The topological polar surface area (TPSA) is 80.0 Å². The van der Waals surface area contributed by atoms with Crippen molar-refractivity contribution in [3.05, 3.63) is 53.5 Å². The van der Waals surface area contributed by atoms with E-state index in [-0.39, 0.29) is 11.6 Å². The van der Waals surface area contributed by atoms with Crippen LogP contribution in [0.25, 0.3) is 10.9 Å². The normalized spacial score (nSPS) is 12.2. The van der Waals surface area contributed by atoms with E-state index < -0.39 is 23.6 Å². The molecule has 0 aliphatic carbocycles. The van der Waals surface area contributed by atoms with E-state index in [1.165, 1.54) is 18.2 Å². The molecule has 0 unspecified atom stereocenters. The standard InChI is InChI=1S/C22H26F2N4O2/c1-13(2)15-11-18-14(12-28(27-18)9-8-22(3,4)30)10-19(15)26-21(29)17-7-5-6-16(25-17)20(23)24/h5-7,10-13,20,30H,8-9H2,1-4H3,(H,26,29). The molecule has 1 amide bonds. The molecular formula is C22H26F2N4O2. The van der Waals surface area contributed by atoms with E-state index in [0.29, 0.717) is 18.7 Å². The molecule has 2 N–H and O–H groups in total. The average molecular weight is 416 g/mol. The largest absolute Gasteiger partial charge is 0.390 e. The number of hydrogen-bond donors (Lipinski definition) is 2. The lowest BCUT2D eigenvalue weighted by atomic mass is 9.99. The van der Waals surface area contributed by atoms with Crippen LogP contribution in [-0.2, 0) is 6.54 Å². The number of hydrogen-bond acceptors (Lipinski definition) is 4. The molecule has 2 heterocycles. The molecule has 0 saturated carbocycles. The Morgan fingerprint density at radius 1 is 1.27 bits per heavy atom. The molecule has 3 aromatic rings. The van der Waals surface area contributed by atoms with Gasteiger partial charge in [0.25, 0.3) is 12.3 Å². The first-order chi connectivity index (χ1) is 14.0. The summed E-state index contributed by atoms with van der Waals surface area (Å²) in [6.07, 6.45) is -0.334. The molecule has 0 radical (unpaired) electrons. The van der Waals surface area contributed by atoms with Gasteiger partial charge < -0.3 is 10.4 Å². The molecule has 0 spiro atoms. The molecule has 0 saturated heterocycles. The average Bonchev–Trinajstić information content (AvgIpc) is 3.07. The van der Waals surface area contributed by atoms with Gasteiger partial charge in [-0.25, -0.2) is 13.8 Å². The number of amides is 1. The van der Waals surface area contributed by atoms with Crippen LogP contribution in [0.4, 0.5) is 14.5 Å². The number of aromatic nitrogens is 3. The van der Waals surface area contributed by atoms with Gasteiger partial charge in [0.05, 0.1) is 11.1 Å². The number of aryl methyl sites for hydroxylation is 1. The Morgan fingerprint density at radius 2 is 2.00 bits per heavy atom. The number of rotatable bonds is 7. The highest BCUT2D eigenvalue weighted by molar-refractivity contribution is 6.04. The third kappa shape index (κ3) is 5.18. The Hall–Kier alpha value is -2.87. The number of nitrogens with one attached hydrogen (secondary N) is 1. The summed E-state index contributed by atoms with van der Waals surface area (Å²) in [6, 6.07) is 7.73. The van der Waals surface area contributed by atoms with Crippen molar-refractivity contribution in [2.45, 2.75) is 58.6 Å². The lowest BCUT2D eigenvalue weighted by Gasteiger charge is -2.16. The van der Waals surface area contributed by atoms with Crippen LogP contribution in [0.2, 0.25) is 0 Å². The maximum Gasteiger partial charge on any atom is 0.280 e. The van der Waals surface area contributed by atoms with E-state index in [0.717, 1.165) is 16.5 Å². The number of anilines is 1. The van der Waals surface area contributed by atoms with Crippen LogP contribution in [0.1, 0.15) is 68.2 Å². The number of alkyl halides is 2. The fraction of sp³-hybridized carbons (Fsp3) is 0.409. The fourth-order valence-corrected chi connectivity index (χ4v) is 3.11. The van der Waals surface area contributed by atoms with Gasteiger partial charge in [-0.3, -0.25) is 9.48 Å². The monoisotopic (exact) mass is 416 g/mol. The summed E-state index contributed by atoms with van der Waals surface area (Å²) in [7, 11) is 0. The summed E-state index contributed by atoms with van der Waals surface area (Å²) < 4.78 is 27.6. The Balaban J connectivity index is 1.91. The van der Waals surface area contributed by atoms with Crippen LogP contribution < -0.4 is 5.32 Å². The Labute approximate surface area is 173 Å². The summed E-state index contributed by atoms with van der Waals surface area (Å²) in [5.74, 6) is -0.445. The molecule has 0 aliphatic heterocycles. The van der Waals surface area contributed by atoms with Gasteiger partial charge in [0.1, 0.15) is 11.4 Å². The second kappa shape index (κ2) is 8.47. The highest BCUT2D eigenvalue weighted by Crippen LogP contribution is 2.30. The van der Waals surface area contributed by atoms with Gasteiger partial charge >= 0.3 is 0 Å². The number of carbonyl (C=O) groups is 1. The Morgan fingerprint density at radius 3 is 2.63 bits per heavy atom. The number of fused-ring (bicyclic) bond motifs is 1. The van der Waals surface area contributed by atoms with E-state index in [9.17, 15) is 18.7 Å². The van der Waals surface area contributed by atoms with Gasteiger partial charge in [-0.2, -0.15) is 5.10 Å². The van der Waals surface area contributed by atoms with E-state index in [2.05, 4.69) is 15.4 Å². The van der Waals surface area contributed by atoms with Gasteiger partial charge in [0.15, 0.2) is 0 Å². The predicted molar refractivity (Wildman–Crippen MR) is 112 cm³/mol. The minimum absolute atomic E-state index is 0.0662. The molecule has 6 nitrogen and oxygen atoms in total. The van der Waals surface area contributed by atoms with Crippen LogP contribution >= 0.6 is 0 Å². The summed E-state index contributed by atoms with van der Waals surface area (Å²) in [4.78, 5) is 16.4. The van der Waals surface area contributed by atoms with Gasteiger partial charge in [0.2, 0.25) is 0 Å². The lowest BCUT2D eigenvalue weighted by Crippen LogP contribution is -2.21. The van der Waals surface area contributed by atoms with Crippen molar-refractivity contribution in [1.29, 1.82) is 0 Å². The second-order valence-electron chi connectivity index (χ2n) is 8.31. The van der Waals surface area contributed by atoms with Crippen molar-refractivity contribution in [3.63, 3.8) is 0 Å². The first-order valence-corrected chi connectivity index (χ1v) is 9.83. The third-order valence-corrected chi connectivity index (χ3v) is 4.77. The SMILES string of the molecule is CC(C)c1cc2nn(CCC(C)(C)O)cc2cc1NC(=O)c1cccc(C(F)F)n1. The summed E-state index contributed by atoms with van der Waals surface area (Å²) in [6.45, 7) is 8.05. The molecule has 3 rings (SSSR count). The maximum atomic E-state index is 12.9. The molecule has 0 bridgehead atoms. The van der Waals surface area contributed by atoms with Crippen LogP contribution in [0.3, 0.4) is 0 Å².